The molecule has 0 unspecified atom stereocenters. The van der Waals surface area contributed by atoms with E-state index >= 15 is 0 Å². The molecule has 1 amide bonds. The van der Waals surface area contributed by atoms with Crippen LogP contribution in [0.1, 0.15) is 6.92 Å². The largest absolute Gasteiger partial charge is 0.382 e. The van der Waals surface area contributed by atoms with E-state index in [1.807, 2.05) is 54.3 Å². The minimum absolute atomic E-state index is 0. The van der Waals surface area contributed by atoms with Gasteiger partial charge in [-0.05, 0) is 31.2 Å². The van der Waals surface area contributed by atoms with E-state index in [2.05, 4.69) is 22.3 Å². The van der Waals surface area contributed by atoms with Gasteiger partial charge in [-0.25, -0.2) is 0 Å². The van der Waals surface area contributed by atoms with E-state index < -0.39 is 0 Å². The van der Waals surface area contributed by atoms with Crippen LogP contribution in [-0.2, 0) is 4.79 Å². The second-order valence-corrected chi connectivity index (χ2v) is 5.34. The number of fused-ring (bicyclic) bond motifs is 1. The van der Waals surface area contributed by atoms with E-state index in [1.165, 1.54) is 0 Å². The van der Waals surface area contributed by atoms with Crippen molar-refractivity contribution >= 4 is 35.4 Å². The highest BCUT2D eigenvalue weighted by Crippen LogP contribution is 2.28. The average Bonchev–Trinajstić information content (AvgIpc) is 2.57. The minimum Gasteiger partial charge on any atom is -0.382 e. The molecule has 0 saturated heterocycles. The number of carbonyl (C=O) groups is 1. The first-order valence-electron chi connectivity index (χ1n) is 7.73. The van der Waals surface area contributed by atoms with Crippen LogP contribution in [0.5, 0.6) is 0 Å². The molecule has 2 aromatic carbocycles. The van der Waals surface area contributed by atoms with Gasteiger partial charge >= 0.3 is 0 Å². The number of nitrogens with zero attached hydrogens (tertiary/aromatic N) is 2. The summed E-state index contributed by atoms with van der Waals surface area (Å²) in [6, 6.07) is 18.0. The molecular formula is C18H22ClN3O. The molecule has 5 heteroatoms. The molecule has 1 aliphatic rings. The highest BCUT2D eigenvalue weighted by atomic mass is 35.5. The first-order valence-corrected chi connectivity index (χ1v) is 7.73. The highest BCUT2D eigenvalue weighted by Gasteiger charge is 2.21. The summed E-state index contributed by atoms with van der Waals surface area (Å²) in [7, 11) is 0. The van der Waals surface area contributed by atoms with Gasteiger partial charge in [0.1, 0.15) is 0 Å². The fourth-order valence-corrected chi connectivity index (χ4v) is 2.87. The zero-order valence-electron chi connectivity index (χ0n) is 13.2. The second kappa shape index (κ2) is 7.88. The van der Waals surface area contributed by atoms with Gasteiger partial charge < -0.3 is 15.1 Å². The van der Waals surface area contributed by atoms with Crippen LogP contribution in [0.15, 0.2) is 54.6 Å². The molecule has 0 bridgehead atoms. The van der Waals surface area contributed by atoms with Gasteiger partial charge in [-0.2, -0.15) is 0 Å². The first kappa shape index (κ1) is 17.2. The van der Waals surface area contributed by atoms with Crippen LogP contribution in [0, 0.1) is 0 Å². The van der Waals surface area contributed by atoms with Crippen molar-refractivity contribution in [3.05, 3.63) is 54.6 Å². The maximum absolute atomic E-state index is 12.7. The molecule has 0 aromatic heterocycles. The third-order valence-electron chi connectivity index (χ3n) is 3.95. The second-order valence-electron chi connectivity index (χ2n) is 5.34. The van der Waals surface area contributed by atoms with Crippen molar-refractivity contribution in [2.24, 2.45) is 0 Å². The molecule has 1 aliphatic heterocycles. The Morgan fingerprint density at radius 3 is 2.57 bits per heavy atom. The summed E-state index contributed by atoms with van der Waals surface area (Å²) >= 11 is 0. The number of benzene rings is 2. The summed E-state index contributed by atoms with van der Waals surface area (Å²) < 4.78 is 0. The van der Waals surface area contributed by atoms with E-state index in [9.17, 15) is 4.79 Å². The van der Waals surface area contributed by atoms with E-state index in [-0.39, 0.29) is 18.3 Å². The number of anilines is 3. The standard InChI is InChI=1S/C18H21N3O.ClH/c1-2-21(15-8-4-3-5-9-15)18(22)14-20-13-12-19-16-10-6-7-11-17(16)20;/h3-11,19H,2,12-14H2,1H3;1H. The van der Waals surface area contributed by atoms with Crippen LogP contribution in [0.25, 0.3) is 0 Å². The van der Waals surface area contributed by atoms with Crippen molar-refractivity contribution in [3.8, 4) is 0 Å². The molecule has 0 saturated carbocycles. The quantitative estimate of drug-likeness (QED) is 0.932. The van der Waals surface area contributed by atoms with E-state index in [4.69, 9.17) is 0 Å². The van der Waals surface area contributed by atoms with Gasteiger partial charge in [0, 0.05) is 25.3 Å². The molecule has 4 nitrogen and oxygen atoms in total. The lowest BCUT2D eigenvalue weighted by Crippen LogP contribution is -2.43. The van der Waals surface area contributed by atoms with Crippen molar-refractivity contribution in [1.82, 2.24) is 0 Å². The van der Waals surface area contributed by atoms with Gasteiger partial charge in [-0.3, -0.25) is 4.79 Å². The number of halogens is 1. The summed E-state index contributed by atoms with van der Waals surface area (Å²) in [5.74, 6) is 0.130. The van der Waals surface area contributed by atoms with Crippen LogP contribution in [0.4, 0.5) is 17.1 Å². The molecule has 1 heterocycles. The minimum atomic E-state index is 0. The molecule has 2 aromatic rings. The summed E-state index contributed by atoms with van der Waals surface area (Å²) in [5, 5.41) is 3.37. The molecule has 3 rings (SSSR count). The Balaban J connectivity index is 0.00000192. The molecule has 0 fully saturated rings. The number of hydrogen-bond acceptors (Lipinski definition) is 3. The van der Waals surface area contributed by atoms with Gasteiger partial charge in [-0.1, -0.05) is 30.3 Å². The van der Waals surface area contributed by atoms with Crippen molar-refractivity contribution in [2.75, 3.05) is 41.3 Å². The number of likely N-dealkylation sites (N-methyl/N-ethyl adjacent to an activating group) is 1. The van der Waals surface area contributed by atoms with Crippen molar-refractivity contribution < 1.29 is 4.79 Å². The Hall–Kier alpha value is -2.20. The SMILES string of the molecule is CCN(C(=O)CN1CCNc2ccccc21)c1ccccc1.Cl. The number of carbonyl (C=O) groups excluding carboxylic acids is 1. The monoisotopic (exact) mass is 331 g/mol. The zero-order valence-corrected chi connectivity index (χ0v) is 14.1. The predicted octanol–water partition coefficient (Wildman–Crippen LogP) is 3.39. The van der Waals surface area contributed by atoms with Crippen LogP contribution < -0.4 is 15.1 Å². The third-order valence-corrected chi connectivity index (χ3v) is 3.95. The van der Waals surface area contributed by atoms with Crippen LogP contribution >= 0.6 is 12.4 Å². The molecular weight excluding hydrogens is 310 g/mol. The molecule has 0 atom stereocenters. The van der Waals surface area contributed by atoms with E-state index in [1.54, 1.807) is 0 Å². The maximum Gasteiger partial charge on any atom is 0.246 e. The van der Waals surface area contributed by atoms with Gasteiger partial charge in [0.25, 0.3) is 0 Å². The Morgan fingerprint density at radius 1 is 1.13 bits per heavy atom. The molecule has 122 valence electrons. The lowest BCUT2D eigenvalue weighted by molar-refractivity contribution is -0.117. The summed E-state index contributed by atoms with van der Waals surface area (Å²) in [5.41, 5.74) is 3.16. The Bertz CT molecular complexity index is 648. The summed E-state index contributed by atoms with van der Waals surface area (Å²) in [6.45, 7) is 4.80. The van der Waals surface area contributed by atoms with Gasteiger partial charge in [0.15, 0.2) is 0 Å². The predicted molar refractivity (Wildman–Crippen MR) is 98.9 cm³/mol. The lowest BCUT2D eigenvalue weighted by Gasteiger charge is -2.33. The molecule has 0 spiro atoms. The van der Waals surface area contributed by atoms with Crippen molar-refractivity contribution in [3.63, 3.8) is 0 Å². The van der Waals surface area contributed by atoms with Crippen molar-refractivity contribution in [1.29, 1.82) is 0 Å². The first-order chi connectivity index (χ1) is 10.8. The summed E-state index contributed by atoms with van der Waals surface area (Å²) in [6.07, 6.45) is 0. The normalized spacial score (nSPS) is 12.7. The lowest BCUT2D eigenvalue weighted by atomic mass is 10.2. The maximum atomic E-state index is 12.7. The highest BCUT2D eigenvalue weighted by molar-refractivity contribution is 5.97. The smallest absolute Gasteiger partial charge is 0.246 e. The molecule has 23 heavy (non-hydrogen) atoms. The Labute approximate surface area is 143 Å². The zero-order chi connectivity index (χ0) is 15.4. The number of nitrogens with one attached hydrogen (secondary N) is 1. The van der Waals surface area contributed by atoms with E-state index in [0.717, 1.165) is 30.2 Å². The van der Waals surface area contributed by atoms with Crippen LogP contribution in [0.2, 0.25) is 0 Å². The number of hydrogen-bond donors (Lipinski definition) is 1. The topological polar surface area (TPSA) is 35.6 Å². The fourth-order valence-electron chi connectivity index (χ4n) is 2.87. The van der Waals surface area contributed by atoms with Gasteiger partial charge in [-0.15, -0.1) is 12.4 Å². The molecule has 0 radical (unpaired) electrons. The van der Waals surface area contributed by atoms with Crippen LogP contribution in [-0.4, -0.2) is 32.1 Å². The summed E-state index contributed by atoms with van der Waals surface area (Å²) in [4.78, 5) is 16.7. The Morgan fingerprint density at radius 2 is 1.83 bits per heavy atom. The third kappa shape index (κ3) is 3.77. The number of rotatable bonds is 4. The number of amides is 1. The van der Waals surface area contributed by atoms with Gasteiger partial charge in [0.2, 0.25) is 5.91 Å². The molecule has 0 aliphatic carbocycles. The van der Waals surface area contributed by atoms with Crippen LogP contribution in [0.3, 0.4) is 0 Å². The number of para-hydroxylation sites is 3. The van der Waals surface area contributed by atoms with Gasteiger partial charge in [0.05, 0.1) is 17.9 Å². The fraction of sp³-hybridized carbons (Fsp3) is 0.278. The van der Waals surface area contributed by atoms with Crippen molar-refractivity contribution in [2.45, 2.75) is 6.92 Å². The Kier molecular flexibility index (Phi) is 5.88. The average molecular weight is 332 g/mol. The molecule has 1 N–H and O–H groups in total. The van der Waals surface area contributed by atoms with E-state index in [0.29, 0.717) is 13.1 Å².